The maximum absolute atomic E-state index is 13.0. The lowest BCUT2D eigenvalue weighted by Crippen LogP contribution is -2.10. The molecule has 0 aliphatic heterocycles. The number of nitrogens with zero attached hydrogens (tertiary/aromatic N) is 1. The van der Waals surface area contributed by atoms with Crippen molar-refractivity contribution in [3.63, 3.8) is 0 Å². The predicted octanol–water partition coefficient (Wildman–Crippen LogP) is 4.49. The Balaban J connectivity index is 2.14. The summed E-state index contributed by atoms with van der Waals surface area (Å²) in [6, 6.07) is 22.2. The van der Waals surface area contributed by atoms with Crippen LogP contribution in [0.1, 0.15) is 0 Å². The number of hydrogen-bond acceptors (Lipinski definition) is 0. The van der Waals surface area contributed by atoms with E-state index in [4.69, 9.17) is 0 Å². The molecule has 3 aromatic carbocycles. The Morgan fingerprint density at radius 2 is 1.64 bits per heavy atom. The highest BCUT2D eigenvalue weighted by Crippen LogP contribution is 2.33. The Labute approximate surface area is 136 Å². The van der Waals surface area contributed by atoms with Crippen LogP contribution >= 0.6 is 15.9 Å². The second kappa shape index (κ2) is 5.29. The highest BCUT2D eigenvalue weighted by atomic mass is 79.9. The average molecular weight is 352 g/mol. The van der Waals surface area contributed by atoms with Gasteiger partial charge in [0.15, 0.2) is 0 Å². The lowest BCUT2D eigenvalue weighted by Gasteiger charge is -2.08. The van der Waals surface area contributed by atoms with Crippen molar-refractivity contribution in [3.8, 4) is 5.69 Å². The molecule has 0 atom stereocenters. The van der Waals surface area contributed by atoms with E-state index >= 15 is 0 Å². The van der Waals surface area contributed by atoms with E-state index in [9.17, 15) is 4.32 Å². The summed E-state index contributed by atoms with van der Waals surface area (Å²) in [5.74, 6) is 0. The van der Waals surface area contributed by atoms with E-state index in [1.54, 1.807) is 0 Å². The molecule has 0 spiro atoms. The minimum atomic E-state index is -0.448. The van der Waals surface area contributed by atoms with Gasteiger partial charge in [0.2, 0.25) is 0 Å². The molecule has 0 saturated heterocycles. The summed E-state index contributed by atoms with van der Waals surface area (Å²) in [4.78, 5) is 0. The van der Waals surface area contributed by atoms with E-state index in [0.717, 1.165) is 21.2 Å². The van der Waals surface area contributed by atoms with Crippen molar-refractivity contribution in [2.45, 2.75) is 0 Å². The van der Waals surface area contributed by atoms with Gasteiger partial charge in [0.05, 0.1) is 11.0 Å². The Morgan fingerprint density at radius 3 is 2.50 bits per heavy atom. The fourth-order valence-electron chi connectivity index (χ4n) is 3.00. The molecule has 4 heteroatoms. The van der Waals surface area contributed by atoms with E-state index in [1.165, 1.54) is 10.8 Å². The first-order valence-corrected chi connectivity index (χ1v) is 7.91. The van der Waals surface area contributed by atoms with Crippen LogP contribution in [0.4, 0.5) is 4.32 Å². The zero-order valence-electron chi connectivity index (χ0n) is 11.8. The minimum absolute atomic E-state index is 0.448. The minimum Gasteiger partial charge on any atom is -0.335 e. The Kier molecular flexibility index (Phi) is 3.27. The van der Waals surface area contributed by atoms with Crippen LogP contribution in [0.5, 0.6) is 0 Å². The Bertz CT molecular complexity index is 993. The highest BCUT2D eigenvalue weighted by molar-refractivity contribution is 9.10. The third-order valence-corrected chi connectivity index (χ3v) is 4.45. The summed E-state index contributed by atoms with van der Waals surface area (Å²) in [7, 11) is -0.448. The monoisotopic (exact) mass is 351 g/mol. The van der Waals surface area contributed by atoms with E-state index in [-0.39, 0.29) is 0 Å². The van der Waals surface area contributed by atoms with Gasteiger partial charge in [-0.05, 0) is 41.9 Å². The van der Waals surface area contributed by atoms with Crippen LogP contribution in [-0.4, -0.2) is 12.1 Å². The van der Waals surface area contributed by atoms with Crippen molar-refractivity contribution in [2.24, 2.45) is 0 Å². The molecule has 4 rings (SSSR count). The Hall–Kier alpha value is -2.07. The number of para-hydroxylation sites is 1. The van der Waals surface area contributed by atoms with E-state index < -0.39 is 7.56 Å². The van der Waals surface area contributed by atoms with Crippen molar-refractivity contribution in [1.29, 1.82) is 0 Å². The molecular weight excluding hydrogens is 340 g/mol. The topological polar surface area (TPSA) is 4.93 Å². The van der Waals surface area contributed by atoms with Crippen LogP contribution in [0.15, 0.2) is 71.2 Å². The largest absolute Gasteiger partial charge is 0.364 e. The molecule has 1 heterocycles. The summed E-state index contributed by atoms with van der Waals surface area (Å²) in [5.41, 5.74) is 3.94. The van der Waals surface area contributed by atoms with Gasteiger partial charge in [0.25, 0.3) is 0 Å². The van der Waals surface area contributed by atoms with Crippen LogP contribution in [0, 0.1) is 0 Å². The number of fused-ring (bicyclic) bond motifs is 3. The molecule has 0 fully saturated rings. The zero-order chi connectivity index (χ0) is 15.1. The van der Waals surface area contributed by atoms with Crippen LogP contribution in [0.25, 0.3) is 27.5 Å². The fraction of sp³-hybridized carbons (Fsp3) is 0. The highest BCUT2D eigenvalue weighted by Gasteiger charge is 2.12. The summed E-state index contributed by atoms with van der Waals surface area (Å²) >= 11 is 3.55. The Morgan fingerprint density at radius 1 is 0.818 bits per heavy atom. The summed E-state index contributed by atoms with van der Waals surface area (Å²) in [6.45, 7) is 0. The smallest absolute Gasteiger partial charge is 0.335 e. The van der Waals surface area contributed by atoms with Gasteiger partial charge in [-0.1, -0.05) is 46.3 Å². The summed E-state index contributed by atoms with van der Waals surface area (Å²) < 4.78 is 16.3. The molecule has 1 nitrogen and oxygen atoms in total. The van der Waals surface area contributed by atoms with Gasteiger partial charge in [0, 0.05) is 20.9 Å². The molecule has 0 amide bonds. The second-order valence-electron chi connectivity index (χ2n) is 5.32. The maximum atomic E-state index is 13.0. The third kappa shape index (κ3) is 2.06. The molecule has 0 aliphatic carbocycles. The molecular formula is C18H12BBrFN. The maximum Gasteiger partial charge on any atom is 0.364 e. The van der Waals surface area contributed by atoms with E-state index in [0.29, 0.717) is 5.46 Å². The fourth-order valence-corrected chi connectivity index (χ4v) is 3.36. The first kappa shape index (κ1) is 13.6. The van der Waals surface area contributed by atoms with Gasteiger partial charge in [-0.2, -0.15) is 0 Å². The molecule has 0 saturated carbocycles. The molecule has 0 aliphatic rings. The van der Waals surface area contributed by atoms with Crippen molar-refractivity contribution < 1.29 is 4.32 Å². The van der Waals surface area contributed by atoms with Gasteiger partial charge in [-0.25, -0.2) is 0 Å². The van der Waals surface area contributed by atoms with Gasteiger partial charge in [-0.3, -0.25) is 0 Å². The molecule has 106 valence electrons. The molecule has 4 aromatic rings. The summed E-state index contributed by atoms with van der Waals surface area (Å²) in [6.07, 6.45) is 0. The van der Waals surface area contributed by atoms with Gasteiger partial charge >= 0.3 is 7.56 Å². The van der Waals surface area contributed by atoms with E-state index in [2.05, 4.69) is 44.8 Å². The van der Waals surface area contributed by atoms with Gasteiger partial charge < -0.3 is 8.88 Å². The SMILES string of the molecule is FBc1cccc(-n2c3ccccc3c3cc(Br)ccc32)c1. The molecule has 0 N–H and O–H groups in total. The van der Waals surface area contributed by atoms with Gasteiger partial charge in [0.1, 0.15) is 0 Å². The van der Waals surface area contributed by atoms with Crippen molar-refractivity contribution in [1.82, 2.24) is 4.57 Å². The third-order valence-electron chi connectivity index (χ3n) is 3.96. The number of hydrogen-bond donors (Lipinski definition) is 0. The standard InChI is InChI=1S/C18H12BBrFN/c20-13-8-9-18-16(11-13)15-6-1-2-7-17(15)22(18)14-5-3-4-12(10-14)19-21/h1-11,19H. The number of rotatable bonds is 2. The molecule has 0 radical (unpaired) electrons. The zero-order valence-corrected chi connectivity index (χ0v) is 13.3. The van der Waals surface area contributed by atoms with Crippen molar-refractivity contribution in [2.75, 3.05) is 0 Å². The number of benzene rings is 3. The van der Waals surface area contributed by atoms with Crippen LogP contribution in [0.2, 0.25) is 0 Å². The summed E-state index contributed by atoms with van der Waals surface area (Å²) in [5, 5.41) is 2.39. The van der Waals surface area contributed by atoms with Crippen molar-refractivity contribution >= 4 is 50.8 Å². The van der Waals surface area contributed by atoms with Crippen LogP contribution in [0.3, 0.4) is 0 Å². The first-order chi connectivity index (χ1) is 10.8. The molecule has 22 heavy (non-hydrogen) atoms. The van der Waals surface area contributed by atoms with E-state index in [1.807, 2.05) is 42.5 Å². The first-order valence-electron chi connectivity index (χ1n) is 7.12. The second-order valence-corrected chi connectivity index (χ2v) is 6.23. The molecule has 0 bridgehead atoms. The van der Waals surface area contributed by atoms with Gasteiger partial charge in [-0.15, -0.1) is 0 Å². The number of halogens is 2. The lowest BCUT2D eigenvalue weighted by molar-refractivity contribution is 0.884. The average Bonchev–Trinajstić information content (AvgIpc) is 2.89. The molecule has 1 aromatic heterocycles. The van der Waals surface area contributed by atoms with Crippen molar-refractivity contribution in [3.05, 3.63) is 71.2 Å². The lowest BCUT2D eigenvalue weighted by atomic mass is 9.91. The predicted molar refractivity (Wildman–Crippen MR) is 96.4 cm³/mol. The molecule has 0 unspecified atom stereocenters. The van der Waals surface area contributed by atoms with Crippen LogP contribution in [-0.2, 0) is 0 Å². The number of aromatic nitrogens is 1. The quantitative estimate of drug-likeness (QED) is 0.469. The van der Waals surface area contributed by atoms with Crippen LogP contribution < -0.4 is 5.46 Å². The normalized spacial score (nSPS) is 11.2.